The van der Waals surface area contributed by atoms with Gasteiger partial charge >= 0.3 is 0 Å². The zero-order valence-electron chi connectivity index (χ0n) is 15.4. The van der Waals surface area contributed by atoms with E-state index in [0.717, 1.165) is 28.5 Å². The van der Waals surface area contributed by atoms with E-state index in [1.165, 1.54) is 0 Å². The molecule has 0 spiro atoms. The molecule has 2 aromatic carbocycles. The first kappa shape index (κ1) is 21.1. The quantitative estimate of drug-likeness (QED) is 0.461. The Hall–Kier alpha value is -1.61. The van der Waals surface area contributed by atoms with Crippen LogP contribution in [0.4, 0.5) is 0 Å². The zero-order chi connectivity index (χ0) is 20.1. The van der Waals surface area contributed by atoms with Crippen LogP contribution in [0.3, 0.4) is 0 Å². The molecule has 5 atom stereocenters. The maximum absolute atomic E-state index is 10.3. The van der Waals surface area contributed by atoms with E-state index in [0.29, 0.717) is 18.6 Å². The molecule has 1 saturated heterocycles. The van der Waals surface area contributed by atoms with Gasteiger partial charge in [0.25, 0.3) is 0 Å². The van der Waals surface area contributed by atoms with Crippen LogP contribution in [-0.2, 0) is 12.8 Å². The van der Waals surface area contributed by atoms with Crippen molar-refractivity contribution in [2.75, 3.05) is 13.2 Å². The molecule has 2 aromatic rings. The molecule has 1 aliphatic heterocycles. The summed E-state index contributed by atoms with van der Waals surface area (Å²) >= 11 is 1.11. The fourth-order valence-electron chi connectivity index (χ4n) is 3.23. The van der Waals surface area contributed by atoms with E-state index in [4.69, 9.17) is 9.84 Å². The minimum absolute atomic E-state index is 0.118. The highest BCUT2D eigenvalue weighted by molar-refractivity contribution is 8.00. The Labute approximate surface area is 168 Å². The maximum Gasteiger partial charge on any atom is 0.173 e. The third kappa shape index (κ3) is 4.86. The molecule has 6 nitrogen and oxygen atoms in total. The Morgan fingerprint density at radius 2 is 1.50 bits per heavy atom. The fourth-order valence-corrected chi connectivity index (χ4v) is 4.46. The monoisotopic (exact) mass is 406 g/mol. The van der Waals surface area contributed by atoms with Gasteiger partial charge in [0.15, 0.2) is 5.44 Å². The van der Waals surface area contributed by atoms with Crippen molar-refractivity contribution >= 4 is 11.8 Å². The predicted octanol–water partition coefficient (Wildman–Crippen LogP) is 0.707. The number of benzene rings is 2. The van der Waals surface area contributed by atoms with Gasteiger partial charge in [-0.3, -0.25) is 0 Å². The molecule has 28 heavy (non-hydrogen) atoms. The van der Waals surface area contributed by atoms with Crippen molar-refractivity contribution in [3.05, 3.63) is 65.2 Å². The Balaban J connectivity index is 1.74. The second kappa shape index (κ2) is 9.73. The summed E-state index contributed by atoms with van der Waals surface area (Å²) in [6, 6.07) is 15.5. The van der Waals surface area contributed by atoms with Crippen LogP contribution in [0.2, 0.25) is 0 Å². The Kier molecular flexibility index (Phi) is 7.34. The summed E-state index contributed by atoms with van der Waals surface area (Å²) in [6.45, 7) is -0.204. The molecule has 7 heteroatoms. The molecule has 0 radical (unpaired) electrons. The largest absolute Gasteiger partial charge is 0.477 e. The second-order valence-corrected chi connectivity index (χ2v) is 8.23. The van der Waals surface area contributed by atoms with Crippen molar-refractivity contribution in [3.8, 4) is 5.75 Å². The van der Waals surface area contributed by atoms with Crippen LogP contribution >= 0.6 is 11.8 Å². The topological polar surface area (TPSA) is 110 Å². The minimum atomic E-state index is -1.38. The van der Waals surface area contributed by atoms with Gasteiger partial charge in [-0.25, -0.2) is 0 Å². The number of thioether (sulfide) groups is 1. The number of hydrogen-bond acceptors (Lipinski definition) is 7. The number of para-hydroxylation sites is 1. The van der Waals surface area contributed by atoms with Crippen molar-refractivity contribution in [2.24, 2.45) is 0 Å². The molecule has 0 unspecified atom stereocenters. The lowest BCUT2D eigenvalue weighted by atomic mass is 10.0. The zero-order valence-corrected chi connectivity index (χ0v) is 16.2. The molecule has 1 fully saturated rings. The molecule has 0 bridgehead atoms. The molecule has 1 heterocycles. The van der Waals surface area contributed by atoms with Gasteiger partial charge in [-0.2, -0.15) is 0 Å². The normalized spacial score (nSPS) is 27.5. The van der Waals surface area contributed by atoms with E-state index in [1.54, 1.807) is 6.07 Å². The first-order valence-electron chi connectivity index (χ1n) is 9.27. The molecule has 0 aliphatic carbocycles. The van der Waals surface area contributed by atoms with Crippen molar-refractivity contribution in [3.63, 3.8) is 0 Å². The molecule has 0 aromatic heterocycles. The van der Waals surface area contributed by atoms with Crippen LogP contribution < -0.4 is 4.74 Å². The van der Waals surface area contributed by atoms with Crippen molar-refractivity contribution in [1.29, 1.82) is 0 Å². The molecule has 1 aliphatic rings. The molecule has 152 valence electrons. The summed E-state index contributed by atoms with van der Waals surface area (Å²) in [5.41, 5.74) is 2.27. The minimum Gasteiger partial charge on any atom is -0.477 e. The highest BCUT2D eigenvalue weighted by Gasteiger charge is 2.44. The van der Waals surface area contributed by atoms with E-state index in [1.807, 2.05) is 42.5 Å². The first-order valence-corrected chi connectivity index (χ1v) is 10.2. The lowest BCUT2D eigenvalue weighted by Gasteiger charge is -2.39. The third-order valence-corrected chi connectivity index (χ3v) is 6.30. The third-order valence-electron chi connectivity index (χ3n) is 4.88. The molecule has 0 amide bonds. The second-order valence-electron chi connectivity index (χ2n) is 6.89. The van der Waals surface area contributed by atoms with Crippen molar-refractivity contribution in [1.82, 2.24) is 0 Å². The number of aliphatic hydroxyl groups is 5. The van der Waals surface area contributed by atoms with Crippen LogP contribution in [0.5, 0.6) is 5.75 Å². The van der Waals surface area contributed by atoms with Crippen molar-refractivity contribution < 1.29 is 30.3 Å². The highest BCUT2D eigenvalue weighted by atomic mass is 32.2. The van der Waals surface area contributed by atoms with Gasteiger partial charge in [-0.05, 0) is 29.2 Å². The fraction of sp³-hybridized carbons (Fsp3) is 0.429. The number of hydrogen-bond donors (Lipinski definition) is 5. The van der Waals surface area contributed by atoms with E-state index >= 15 is 0 Å². The average molecular weight is 407 g/mol. The van der Waals surface area contributed by atoms with Crippen LogP contribution in [-0.4, -0.2) is 67.7 Å². The maximum atomic E-state index is 10.3. The molecular weight excluding hydrogens is 380 g/mol. The van der Waals surface area contributed by atoms with Gasteiger partial charge < -0.3 is 30.3 Å². The molecular formula is C21H26O6S. The van der Waals surface area contributed by atoms with E-state index < -0.39 is 29.0 Å². The number of rotatable bonds is 7. The Morgan fingerprint density at radius 1 is 0.821 bits per heavy atom. The van der Waals surface area contributed by atoms with E-state index in [9.17, 15) is 20.4 Å². The predicted molar refractivity (Wildman–Crippen MR) is 107 cm³/mol. The summed E-state index contributed by atoms with van der Waals surface area (Å²) in [6.07, 6.45) is -2.62. The van der Waals surface area contributed by atoms with Crippen LogP contribution in [0, 0.1) is 0 Å². The van der Waals surface area contributed by atoms with Gasteiger partial charge in [0.2, 0.25) is 0 Å². The summed E-state index contributed by atoms with van der Waals surface area (Å²) < 4.78 is 5.98. The molecule has 3 rings (SSSR count). The number of ether oxygens (including phenoxy) is 1. The van der Waals surface area contributed by atoms with Crippen molar-refractivity contribution in [2.45, 2.75) is 41.8 Å². The lowest BCUT2D eigenvalue weighted by Crippen LogP contribution is -2.55. The standard InChI is InChI=1S/C21H26O6S/c22-10-9-13-5-7-14(8-6-13)11-15-3-1-2-4-16(15)27-21-20(26)19(25)18(24)17(12-23)28-21/h1-8,17-26H,9-12H2/t17-,18-,19+,20-,21-/m1/s1. The summed E-state index contributed by atoms with van der Waals surface area (Å²) in [5, 5.41) is 48.1. The Morgan fingerprint density at radius 3 is 2.18 bits per heavy atom. The van der Waals surface area contributed by atoms with Crippen LogP contribution in [0.15, 0.2) is 48.5 Å². The highest BCUT2D eigenvalue weighted by Crippen LogP contribution is 2.35. The molecule has 0 saturated carbocycles. The first-order chi connectivity index (χ1) is 13.5. The van der Waals surface area contributed by atoms with Gasteiger partial charge in [0, 0.05) is 13.0 Å². The van der Waals surface area contributed by atoms with Gasteiger partial charge in [-0.15, -0.1) is 11.8 Å². The lowest BCUT2D eigenvalue weighted by molar-refractivity contribution is -0.0910. The smallest absolute Gasteiger partial charge is 0.173 e. The van der Waals surface area contributed by atoms with E-state index in [2.05, 4.69) is 0 Å². The van der Waals surface area contributed by atoms with E-state index in [-0.39, 0.29) is 13.2 Å². The SMILES string of the molecule is OCCc1ccc(Cc2ccccc2O[C@@H]2S[C@H](CO)[C@@H](O)[C@H](O)[C@H]2O)cc1. The number of aliphatic hydroxyl groups excluding tert-OH is 5. The Bertz CT molecular complexity index is 751. The van der Waals surface area contributed by atoms with Gasteiger partial charge in [0.05, 0.1) is 18.0 Å². The van der Waals surface area contributed by atoms with Crippen LogP contribution in [0.1, 0.15) is 16.7 Å². The average Bonchev–Trinajstić information content (AvgIpc) is 2.71. The summed E-state index contributed by atoms with van der Waals surface area (Å²) in [4.78, 5) is 0. The van der Waals surface area contributed by atoms with Gasteiger partial charge in [-0.1, -0.05) is 42.5 Å². The molecule has 5 N–H and O–H groups in total. The summed E-state index contributed by atoms with van der Waals surface area (Å²) in [5.74, 6) is 0.582. The van der Waals surface area contributed by atoms with Gasteiger partial charge in [0.1, 0.15) is 18.0 Å². The van der Waals surface area contributed by atoms with Crippen LogP contribution in [0.25, 0.3) is 0 Å². The summed E-state index contributed by atoms with van der Waals surface area (Å²) in [7, 11) is 0.